The van der Waals surface area contributed by atoms with E-state index in [4.69, 9.17) is 10.5 Å². The summed E-state index contributed by atoms with van der Waals surface area (Å²) < 4.78 is 0. The average Bonchev–Trinajstić information content (AvgIpc) is 1.39. The molecular weight excluding hydrogens is 98.0 g/mol. The van der Waals surface area contributed by atoms with Gasteiger partial charge in [0.1, 0.15) is 0 Å². The van der Waals surface area contributed by atoms with Gasteiger partial charge in [-0.2, -0.15) is 11.9 Å². The Morgan fingerprint density at radius 3 is 1.00 bits per heavy atom. The Balaban J connectivity index is -0.0000000400. The molecule has 0 spiro atoms. The fourth-order valence-electron chi connectivity index (χ4n) is 0. The average molecular weight is 104 g/mol. The van der Waals surface area contributed by atoms with E-state index in [9.17, 15) is 0 Å². The Morgan fingerprint density at radius 1 is 1.00 bits per heavy atom. The minimum absolute atomic E-state index is 0. The van der Waals surface area contributed by atoms with Crippen LogP contribution < -0.4 is 0 Å². The van der Waals surface area contributed by atoms with Gasteiger partial charge in [-0.15, -0.1) is 0 Å². The van der Waals surface area contributed by atoms with Gasteiger partial charge in [0.2, 0.25) is 0 Å². The van der Waals surface area contributed by atoms with E-state index in [1.54, 1.807) is 0 Å². The Hall–Kier alpha value is -0.124. The maximum absolute atomic E-state index is 7.43. The van der Waals surface area contributed by atoms with Crippen LogP contribution in [0.1, 0.15) is 0 Å². The van der Waals surface area contributed by atoms with Crippen LogP contribution in [0.4, 0.5) is 0 Å². The predicted molar refractivity (Wildman–Crippen MR) is 36.9 cm³/mol. The third kappa shape index (κ3) is 5750. The first-order valence-corrected chi connectivity index (χ1v) is 0.447. The number of nitrogens with zero attached hydrogens (tertiary/aromatic N) is 2. The van der Waals surface area contributed by atoms with Gasteiger partial charge in [-0.05, 0) is 0 Å². The van der Waals surface area contributed by atoms with Crippen molar-refractivity contribution in [2.45, 2.75) is 0 Å². The standard InChI is InChI=1S/2CH3BN.Mg/c2*2-1-3;/h2*2H3;/q2*-1;+2. The Kier molecular flexibility index (Phi) is 89.6. The molecule has 0 unspecified atom stereocenters. The van der Waals surface area contributed by atoms with Crippen molar-refractivity contribution in [3.05, 3.63) is 0 Å². The number of nitriles is 2. The zero-order chi connectivity index (χ0) is 5.41. The summed E-state index contributed by atoms with van der Waals surface area (Å²) in [5.74, 6) is 4.00. The molecule has 0 aliphatic carbocycles. The molecule has 0 amide bonds. The van der Waals surface area contributed by atoms with Crippen LogP contribution in [0.2, 0.25) is 0 Å². The van der Waals surface area contributed by atoms with Crippen LogP contribution in [0, 0.1) is 22.5 Å². The molecule has 5 heteroatoms. The monoisotopic (exact) mass is 104 g/mol. The zero-order valence-electron chi connectivity index (χ0n) is 2.60. The molecule has 0 fully saturated rings. The van der Waals surface area contributed by atoms with Gasteiger partial charge in [0.15, 0.2) is 0 Å². The molecule has 0 aliphatic heterocycles. The van der Waals surface area contributed by atoms with E-state index in [-0.39, 0.29) is 38.7 Å². The number of hydrogen-bond acceptors (Lipinski definition) is 2. The van der Waals surface area contributed by atoms with Crippen molar-refractivity contribution in [2.24, 2.45) is 0 Å². The molecule has 0 atom stereocenters. The molecule has 2 nitrogen and oxygen atoms in total. The van der Waals surface area contributed by atoms with Gasteiger partial charge in [0.05, 0.1) is 15.7 Å². The Labute approximate surface area is 61.5 Å². The topological polar surface area (TPSA) is 47.6 Å². The first-order valence-electron chi connectivity index (χ1n) is 0.447. The maximum Gasteiger partial charge on any atom is 2.00 e. The third-order valence-electron chi connectivity index (χ3n) is 0. The van der Waals surface area contributed by atoms with E-state index in [0.29, 0.717) is 0 Å². The Morgan fingerprint density at radius 2 is 1.00 bits per heavy atom. The summed E-state index contributed by atoms with van der Waals surface area (Å²) in [6, 6.07) is 0. The second kappa shape index (κ2) is 39.7. The predicted octanol–water partition coefficient (Wildman–Crippen LogP) is -2.72. The van der Waals surface area contributed by atoms with Crippen LogP contribution in [-0.2, 0) is 0 Å². The van der Waals surface area contributed by atoms with Crippen LogP contribution in [0.5, 0.6) is 0 Å². The molecule has 0 rings (SSSR count). The van der Waals surface area contributed by atoms with Crippen molar-refractivity contribution < 1.29 is 0 Å². The Bertz CT molecular complexity index is 68.7. The van der Waals surface area contributed by atoms with Crippen molar-refractivity contribution in [1.82, 2.24) is 0 Å². The SMILES string of the molecule is [BH3-]C#N.[BH3-]C#N.[Mg+2]. The van der Waals surface area contributed by atoms with Gasteiger partial charge in [0.25, 0.3) is 0 Å². The quantitative estimate of drug-likeness (QED) is 0.313. The molecule has 32 valence electrons. The van der Waals surface area contributed by atoms with Gasteiger partial charge in [-0.25, -0.2) is 0 Å². The summed E-state index contributed by atoms with van der Waals surface area (Å²) in [7, 11) is 0.139. The van der Waals surface area contributed by atoms with Gasteiger partial charge < -0.3 is 0 Å². The summed E-state index contributed by atoms with van der Waals surface area (Å²) in [6.07, 6.45) is 0. The molecule has 0 heterocycles. The van der Waals surface area contributed by atoms with Gasteiger partial charge in [-0.1, -0.05) is 0 Å². The van der Waals surface area contributed by atoms with Gasteiger partial charge in [-0.3, -0.25) is 10.5 Å². The minimum atomic E-state index is 0. The van der Waals surface area contributed by atoms with Gasteiger partial charge >= 0.3 is 23.1 Å². The van der Waals surface area contributed by atoms with E-state index in [0.717, 1.165) is 0 Å². The zero-order valence-corrected chi connectivity index (χ0v) is 4.02. The van der Waals surface area contributed by atoms with Crippen LogP contribution in [-0.4, -0.2) is 38.7 Å². The summed E-state index contributed by atoms with van der Waals surface area (Å²) in [5, 5.41) is 14.9. The number of hydrogen-bond donors (Lipinski definition) is 0. The number of rotatable bonds is 0. The molecule has 0 N–H and O–H groups in total. The molecule has 0 bridgehead atoms. The molecule has 7 heavy (non-hydrogen) atoms. The van der Waals surface area contributed by atoms with Crippen molar-refractivity contribution >= 4 is 38.7 Å². The van der Waals surface area contributed by atoms with Crippen molar-refractivity contribution in [1.29, 1.82) is 10.5 Å². The van der Waals surface area contributed by atoms with Crippen molar-refractivity contribution in [2.75, 3.05) is 0 Å². The first kappa shape index (κ1) is 15.8. The summed E-state index contributed by atoms with van der Waals surface area (Å²) in [6.45, 7) is 0. The van der Waals surface area contributed by atoms with Crippen LogP contribution in [0.3, 0.4) is 0 Å². The smallest absolute Gasteiger partial charge is 0.251 e. The second-order valence-electron chi connectivity index (χ2n) is 0. The molecule has 0 aromatic heterocycles. The van der Waals surface area contributed by atoms with E-state index in [2.05, 4.69) is 0 Å². The molecule has 0 aromatic carbocycles. The van der Waals surface area contributed by atoms with E-state index < -0.39 is 0 Å². The van der Waals surface area contributed by atoms with Crippen molar-refractivity contribution in [3.8, 4) is 11.9 Å². The van der Waals surface area contributed by atoms with E-state index >= 15 is 0 Å². The first-order chi connectivity index (χ1) is 2.83. The summed E-state index contributed by atoms with van der Waals surface area (Å²) >= 11 is 0. The third-order valence-corrected chi connectivity index (χ3v) is 0. The molecule has 0 aliphatic rings. The molecule has 0 radical (unpaired) electrons. The van der Waals surface area contributed by atoms with Crippen LogP contribution in [0.15, 0.2) is 0 Å². The van der Waals surface area contributed by atoms with Crippen LogP contribution in [0.25, 0.3) is 0 Å². The maximum atomic E-state index is 7.43. The summed E-state index contributed by atoms with van der Waals surface area (Å²) in [5.41, 5.74) is 0. The second-order valence-corrected chi connectivity index (χ2v) is 0. The van der Waals surface area contributed by atoms with E-state index in [1.165, 1.54) is 0 Å². The largest absolute Gasteiger partial charge is 2.00 e. The molecule has 0 aromatic rings. The normalized spacial score (nSPS) is 2.29. The van der Waals surface area contributed by atoms with Crippen LogP contribution >= 0.6 is 0 Å². The minimum Gasteiger partial charge on any atom is -0.251 e. The van der Waals surface area contributed by atoms with Crippen molar-refractivity contribution in [3.63, 3.8) is 0 Å². The van der Waals surface area contributed by atoms with E-state index in [1.807, 2.05) is 11.9 Å². The molecule has 0 saturated carbocycles. The molecular formula is C2H6B2MgN2. The molecule has 0 saturated heterocycles. The van der Waals surface area contributed by atoms with Gasteiger partial charge in [0, 0.05) is 0 Å². The fourth-order valence-corrected chi connectivity index (χ4v) is 0. The summed E-state index contributed by atoms with van der Waals surface area (Å²) in [4.78, 5) is 0. The fraction of sp³-hybridized carbons (Fsp3) is 0.